The van der Waals surface area contributed by atoms with Gasteiger partial charge in [0.05, 0.1) is 5.56 Å². The van der Waals surface area contributed by atoms with Gasteiger partial charge in [0.25, 0.3) is 0 Å². The number of fused-ring (bicyclic) bond motifs is 1. The fourth-order valence-electron chi connectivity index (χ4n) is 1.06. The molecule has 0 saturated carbocycles. The molecule has 0 unspecified atom stereocenters. The molecule has 0 N–H and O–H groups in total. The first-order valence-electron chi connectivity index (χ1n) is 3.51. The summed E-state index contributed by atoms with van der Waals surface area (Å²) in [5.41, 5.74) is -0.370. The second-order valence-corrected chi connectivity index (χ2v) is 2.56. The Kier molecular flexibility index (Phi) is 1.58. The molecular formula is C8H2F3NO2. The van der Waals surface area contributed by atoms with Gasteiger partial charge in [-0.15, -0.1) is 8.78 Å². The standard InChI is InChI=1S/C8H2F3NO2/c9-5-2-7-6(1-4(5)3-12)13-8(10,11)14-7/h1-2H. The topological polar surface area (TPSA) is 42.2 Å². The molecular weight excluding hydrogens is 199 g/mol. The molecule has 0 spiro atoms. The monoisotopic (exact) mass is 201 g/mol. The van der Waals surface area contributed by atoms with Gasteiger partial charge in [-0.2, -0.15) is 5.26 Å². The Hall–Kier alpha value is -1.90. The van der Waals surface area contributed by atoms with Crippen molar-refractivity contribution in [3.63, 3.8) is 0 Å². The normalized spacial score (nSPS) is 16.4. The number of rotatable bonds is 0. The number of alkyl halides is 2. The molecule has 0 atom stereocenters. The maximum atomic E-state index is 12.9. The van der Waals surface area contributed by atoms with Crippen LogP contribution in [0.25, 0.3) is 0 Å². The van der Waals surface area contributed by atoms with Crippen LogP contribution >= 0.6 is 0 Å². The number of nitrogens with zero attached hydrogens (tertiary/aromatic N) is 1. The van der Waals surface area contributed by atoms with Gasteiger partial charge in [-0.1, -0.05) is 0 Å². The first-order valence-corrected chi connectivity index (χ1v) is 3.51. The zero-order valence-electron chi connectivity index (χ0n) is 6.55. The second-order valence-electron chi connectivity index (χ2n) is 2.56. The summed E-state index contributed by atoms with van der Waals surface area (Å²) in [4.78, 5) is 0. The lowest BCUT2D eigenvalue weighted by molar-refractivity contribution is -0.286. The Labute approximate surface area is 76.3 Å². The van der Waals surface area contributed by atoms with Crippen molar-refractivity contribution in [1.29, 1.82) is 5.26 Å². The summed E-state index contributed by atoms with van der Waals surface area (Å²) in [6.07, 6.45) is -3.79. The van der Waals surface area contributed by atoms with Crippen LogP contribution < -0.4 is 9.47 Å². The highest BCUT2D eigenvalue weighted by Crippen LogP contribution is 2.41. The molecule has 0 bridgehead atoms. The van der Waals surface area contributed by atoms with Crippen LogP contribution in [0.2, 0.25) is 0 Å². The largest absolute Gasteiger partial charge is 0.586 e. The molecule has 0 radical (unpaired) electrons. The predicted octanol–water partition coefficient (Wildman–Crippen LogP) is 2.02. The Balaban J connectivity index is 2.51. The first-order chi connectivity index (χ1) is 6.52. The van der Waals surface area contributed by atoms with Crippen LogP contribution in [0.4, 0.5) is 13.2 Å². The lowest BCUT2D eigenvalue weighted by Gasteiger charge is -2.04. The van der Waals surface area contributed by atoms with E-state index in [0.717, 1.165) is 6.07 Å². The van der Waals surface area contributed by atoms with E-state index in [2.05, 4.69) is 9.47 Å². The average molecular weight is 201 g/mol. The number of hydrogen-bond donors (Lipinski definition) is 0. The number of hydrogen-bond acceptors (Lipinski definition) is 3. The summed E-state index contributed by atoms with van der Waals surface area (Å²) < 4.78 is 45.8. The molecule has 0 fully saturated rings. The summed E-state index contributed by atoms with van der Waals surface area (Å²) in [5.74, 6) is -1.67. The summed E-state index contributed by atoms with van der Waals surface area (Å²) in [5, 5.41) is 8.41. The third-order valence-corrected chi connectivity index (χ3v) is 1.61. The minimum atomic E-state index is -3.79. The minimum absolute atomic E-state index is 0.340. The molecule has 1 heterocycles. The molecule has 2 rings (SSSR count). The van der Waals surface area contributed by atoms with Gasteiger partial charge >= 0.3 is 6.29 Å². The Bertz CT molecular complexity index is 439. The van der Waals surface area contributed by atoms with Crippen molar-refractivity contribution in [1.82, 2.24) is 0 Å². The highest BCUT2D eigenvalue weighted by Gasteiger charge is 2.43. The maximum absolute atomic E-state index is 12.9. The molecule has 6 heteroatoms. The van der Waals surface area contributed by atoms with Crippen LogP contribution in [-0.2, 0) is 0 Å². The Morgan fingerprint density at radius 2 is 1.79 bits per heavy atom. The van der Waals surface area contributed by atoms with Crippen LogP contribution in [0.5, 0.6) is 11.5 Å². The molecule has 1 aromatic rings. The van der Waals surface area contributed by atoms with Crippen molar-refractivity contribution in [3.05, 3.63) is 23.5 Å². The van der Waals surface area contributed by atoms with Gasteiger partial charge < -0.3 is 9.47 Å². The van der Waals surface area contributed by atoms with Crippen LogP contribution in [0.3, 0.4) is 0 Å². The van der Waals surface area contributed by atoms with Crippen molar-refractivity contribution < 1.29 is 22.6 Å². The third kappa shape index (κ3) is 1.23. The Morgan fingerprint density at radius 3 is 2.36 bits per heavy atom. The molecule has 0 aromatic heterocycles. The number of halogens is 3. The second kappa shape index (κ2) is 2.54. The van der Waals surface area contributed by atoms with E-state index in [-0.39, 0.29) is 11.3 Å². The summed E-state index contributed by atoms with van der Waals surface area (Å²) in [7, 11) is 0. The molecule has 0 saturated heterocycles. The van der Waals surface area contributed by atoms with Crippen molar-refractivity contribution in [2.24, 2.45) is 0 Å². The summed E-state index contributed by atoms with van der Waals surface area (Å²) >= 11 is 0. The van der Waals surface area contributed by atoms with E-state index in [0.29, 0.717) is 6.07 Å². The number of nitriles is 1. The van der Waals surface area contributed by atoms with Crippen molar-refractivity contribution in [3.8, 4) is 17.6 Å². The average Bonchev–Trinajstić information content (AvgIpc) is 2.36. The van der Waals surface area contributed by atoms with Crippen LogP contribution in [0, 0.1) is 17.1 Å². The van der Waals surface area contributed by atoms with E-state index in [1.54, 1.807) is 0 Å². The molecule has 1 aliphatic rings. The van der Waals surface area contributed by atoms with Gasteiger partial charge in [-0.05, 0) is 0 Å². The van der Waals surface area contributed by atoms with E-state index in [1.807, 2.05) is 0 Å². The molecule has 72 valence electrons. The van der Waals surface area contributed by atoms with E-state index in [1.165, 1.54) is 6.07 Å². The highest BCUT2D eigenvalue weighted by molar-refractivity contribution is 5.49. The van der Waals surface area contributed by atoms with Crippen molar-refractivity contribution >= 4 is 0 Å². The molecule has 0 amide bonds. The molecule has 14 heavy (non-hydrogen) atoms. The Morgan fingerprint density at radius 1 is 1.21 bits per heavy atom. The zero-order valence-corrected chi connectivity index (χ0v) is 6.55. The first kappa shape index (κ1) is 8.69. The van der Waals surface area contributed by atoms with Crippen molar-refractivity contribution in [2.75, 3.05) is 0 Å². The van der Waals surface area contributed by atoms with Gasteiger partial charge in [0.15, 0.2) is 11.5 Å². The fraction of sp³-hybridized carbons (Fsp3) is 0.125. The minimum Gasteiger partial charge on any atom is -0.395 e. The van der Waals surface area contributed by atoms with Crippen LogP contribution in [0.1, 0.15) is 5.56 Å². The lowest BCUT2D eigenvalue weighted by Crippen LogP contribution is -2.25. The highest BCUT2D eigenvalue weighted by atomic mass is 19.3. The molecule has 0 aliphatic carbocycles. The van der Waals surface area contributed by atoms with Gasteiger partial charge in [0.2, 0.25) is 0 Å². The molecule has 1 aliphatic heterocycles. The SMILES string of the molecule is N#Cc1cc2c(cc1F)OC(F)(F)O2. The van der Waals surface area contributed by atoms with Gasteiger partial charge in [0.1, 0.15) is 11.9 Å². The van der Waals surface area contributed by atoms with E-state index < -0.39 is 17.9 Å². The molecule has 1 aromatic carbocycles. The summed E-state index contributed by atoms with van der Waals surface area (Å²) in [6, 6.07) is 3.05. The van der Waals surface area contributed by atoms with E-state index in [4.69, 9.17) is 5.26 Å². The van der Waals surface area contributed by atoms with Gasteiger partial charge in [-0.25, -0.2) is 4.39 Å². The smallest absolute Gasteiger partial charge is 0.395 e. The van der Waals surface area contributed by atoms with E-state index in [9.17, 15) is 13.2 Å². The van der Waals surface area contributed by atoms with Gasteiger partial charge in [-0.3, -0.25) is 0 Å². The quantitative estimate of drug-likeness (QED) is 0.644. The maximum Gasteiger partial charge on any atom is 0.586 e. The zero-order chi connectivity index (χ0) is 10.3. The molecule has 3 nitrogen and oxygen atoms in total. The third-order valence-electron chi connectivity index (χ3n) is 1.61. The van der Waals surface area contributed by atoms with Crippen molar-refractivity contribution in [2.45, 2.75) is 6.29 Å². The summed E-state index contributed by atoms with van der Waals surface area (Å²) in [6.45, 7) is 0. The van der Waals surface area contributed by atoms with Crippen LogP contribution in [-0.4, -0.2) is 6.29 Å². The number of ether oxygens (including phenoxy) is 2. The number of benzene rings is 1. The lowest BCUT2D eigenvalue weighted by atomic mass is 10.2. The fourth-order valence-corrected chi connectivity index (χ4v) is 1.06. The predicted molar refractivity (Wildman–Crippen MR) is 37.3 cm³/mol. The van der Waals surface area contributed by atoms with Crippen LogP contribution in [0.15, 0.2) is 12.1 Å². The van der Waals surface area contributed by atoms with E-state index >= 15 is 0 Å². The van der Waals surface area contributed by atoms with Gasteiger partial charge in [0, 0.05) is 12.1 Å².